The number of likely N-dealkylation sites (tertiary alicyclic amines) is 1. The molecular weight excluding hydrogens is 534 g/mol. The summed E-state index contributed by atoms with van der Waals surface area (Å²) >= 11 is 0. The fourth-order valence-electron chi connectivity index (χ4n) is 5.60. The van der Waals surface area contributed by atoms with Crippen molar-refractivity contribution in [3.05, 3.63) is 24.4 Å². The first-order valence-electron chi connectivity index (χ1n) is 13.7. The number of hydrogen-bond donors (Lipinski definition) is 2. The van der Waals surface area contributed by atoms with Crippen LogP contribution in [0.1, 0.15) is 46.0 Å². The third kappa shape index (κ3) is 6.15. The largest absolute Gasteiger partial charge is 0.445 e. The Labute approximate surface area is 235 Å². The fraction of sp³-hybridized carbons (Fsp3) is 0.556. The first kappa shape index (κ1) is 28.1. The normalized spacial score (nSPS) is 20.2. The van der Waals surface area contributed by atoms with Crippen LogP contribution in [0.25, 0.3) is 0 Å². The van der Waals surface area contributed by atoms with Crippen molar-refractivity contribution in [1.29, 1.82) is 0 Å². The van der Waals surface area contributed by atoms with E-state index in [4.69, 9.17) is 4.74 Å². The van der Waals surface area contributed by atoms with Crippen molar-refractivity contribution in [2.24, 2.45) is 0 Å². The maximum Gasteiger partial charge on any atom is 0.411 e. The molecule has 1 atom stereocenters. The highest BCUT2D eigenvalue weighted by Gasteiger charge is 2.32. The molecule has 1 aromatic heterocycles. The van der Waals surface area contributed by atoms with Crippen LogP contribution in [0, 0.1) is 0 Å². The van der Waals surface area contributed by atoms with E-state index in [0.717, 1.165) is 25.8 Å². The second kappa shape index (κ2) is 11.2. The van der Waals surface area contributed by atoms with E-state index in [2.05, 4.69) is 25.5 Å². The second-order valence-electron chi connectivity index (χ2n) is 11.1. The summed E-state index contributed by atoms with van der Waals surface area (Å²) in [6.45, 7) is 5.78. The van der Waals surface area contributed by atoms with Crippen LogP contribution in [-0.4, -0.2) is 86.4 Å². The summed E-state index contributed by atoms with van der Waals surface area (Å²) in [5.41, 5.74) is 1.24. The number of nitrogens with one attached hydrogen (secondary N) is 2. The molecule has 2 N–H and O–H groups in total. The van der Waals surface area contributed by atoms with E-state index in [9.17, 15) is 18.0 Å². The number of fused-ring (bicyclic) bond motifs is 1. The van der Waals surface area contributed by atoms with Gasteiger partial charge in [-0.1, -0.05) is 12.8 Å². The Morgan fingerprint density at radius 1 is 1.12 bits per heavy atom. The summed E-state index contributed by atoms with van der Waals surface area (Å²) < 4.78 is 30.6. The number of carbonyl (C=O) groups is 2. The molecule has 0 unspecified atom stereocenters. The zero-order valence-electron chi connectivity index (χ0n) is 23.4. The van der Waals surface area contributed by atoms with Gasteiger partial charge in [0, 0.05) is 49.9 Å². The maximum atomic E-state index is 12.8. The van der Waals surface area contributed by atoms with Crippen LogP contribution in [-0.2, 0) is 19.4 Å². The molecule has 40 heavy (non-hydrogen) atoms. The van der Waals surface area contributed by atoms with Gasteiger partial charge in [0.2, 0.25) is 11.9 Å². The molecule has 1 saturated carbocycles. The summed E-state index contributed by atoms with van der Waals surface area (Å²) in [5, 5.41) is 5.76. The van der Waals surface area contributed by atoms with E-state index in [1.54, 1.807) is 19.3 Å². The Morgan fingerprint density at radius 2 is 1.85 bits per heavy atom. The van der Waals surface area contributed by atoms with Crippen LogP contribution in [0.5, 0.6) is 0 Å². The lowest BCUT2D eigenvalue weighted by Gasteiger charge is -2.36. The molecule has 12 nitrogen and oxygen atoms in total. The summed E-state index contributed by atoms with van der Waals surface area (Å²) in [4.78, 5) is 40.0. The van der Waals surface area contributed by atoms with E-state index in [0.29, 0.717) is 23.2 Å². The van der Waals surface area contributed by atoms with Gasteiger partial charge in [-0.2, -0.15) is 4.98 Å². The van der Waals surface area contributed by atoms with E-state index in [-0.39, 0.29) is 41.1 Å². The van der Waals surface area contributed by atoms with Crippen LogP contribution >= 0.6 is 0 Å². The van der Waals surface area contributed by atoms with Gasteiger partial charge in [0.15, 0.2) is 15.7 Å². The smallest absolute Gasteiger partial charge is 0.411 e. The highest BCUT2D eigenvalue weighted by molar-refractivity contribution is 7.90. The number of aromatic nitrogens is 2. The van der Waals surface area contributed by atoms with Gasteiger partial charge in [0.25, 0.3) is 0 Å². The number of amides is 2. The lowest BCUT2D eigenvalue weighted by molar-refractivity contribution is -0.117. The lowest BCUT2D eigenvalue weighted by Crippen LogP contribution is -2.47. The van der Waals surface area contributed by atoms with Crippen molar-refractivity contribution >= 4 is 50.7 Å². The molecule has 13 heteroatoms. The lowest BCUT2D eigenvalue weighted by atomic mass is 10.2. The molecule has 0 radical (unpaired) electrons. The zero-order chi connectivity index (χ0) is 28.6. The molecule has 2 aromatic rings. The van der Waals surface area contributed by atoms with Crippen LogP contribution < -0.4 is 20.4 Å². The van der Waals surface area contributed by atoms with Crippen LogP contribution in [0.4, 0.5) is 33.6 Å². The van der Waals surface area contributed by atoms with Crippen LogP contribution in [0.2, 0.25) is 0 Å². The van der Waals surface area contributed by atoms with E-state index < -0.39 is 15.9 Å². The number of benzene rings is 1. The van der Waals surface area contributed by atoms with Crippen LogP contribution in [0.15, 0.2) is 29.3 Å². The standard InChI is InChI=1S/C27H37N7O5S/c1-17(2)34-16-24(35)32(3)23-14-28-26(31-25(23)34)29-18-11-19(13-22(12-18)40(4,37)38)30-27(36)39-21-9-10-33(15-21)20-7-5-6-8-20/h11-14,17,20-21H,5-10,15-16H2,1-4H3,(H,30,36)(H,28,29,31)/t21-/m0/s1. The minimum Gasteiger partial charge on any atom is -0.445 e. The molecule has 3 aliphatic rings. The number of likely N-dealkylation sites (N-methyl/N-ethyl adjacent to an activating group) is 1. The first-order chi connectivity index (χ1) is 19.0. The van der Waals surface area contributed by atoms with Crippen molar-refractivity contribution in [2.45, 2.75) is 69.0 Å². The highest BCUT2D eigenvalue weighted by Crippen LogP contribution is 2.33. The summed E-state index contributed by atoms with van der Waals surface area (Å²) in [7, 11) is -1.91. The van der Waals surface area contributed by atoms with Gasteiger partial charge in [-0.3, -0.25) is 15.0 Å². The van der Waals surface area contributed by atoms with Gasteiger partial charge in [-0.15, -0.1) is 0 Å². The molecule has 1 saturated heterocycles. The Bertz CT molecular complexity index is 1390. The SMILES string of the molecule is CC(C)N1CC(=O)N(C)c2cnc(Nc3cc(NC(=O)O[C@H]4CCN(C5CCCC5)C4)cc(S(C)(=O)=O)c3)nc21. The Balaban J connectivity index is 1.33. The topological polar surface area (TPSA) is 137 Å². The molecular formula is C27H37N7O5S. The number of sulfone groups is 1. The number of hydrogen-bond acceptors (Lipinski definition) is 10. The van der Waals surface area contributed by atoms with E-state index in [1.807, 2.05) is 18.7 Å². The number of ether oxygens (including phenoxy) is 1. The van der Waals surface area contributed by atoms with E-state index >= 15 is 0 Å². The Morgan fingerprint density at radius 3 is 2.55 bits per heavy atom. The van der Waals surface area contributed by atoms with Crippen molar-refractivity contribution < 1.29 is 22.7 Å². The maximum absolute atomic E-state index is 12.8. The summed E-state index contributed by atoms with van der Waals surface area (Å²) in [6.07, 6.45) is 7.53. The highest BCUT2D eigenvalue weighted by atomic mass is 32.2. The number of carbonyl (C=O) groups excluding carboxylic acids is 2. The van der Waals surface area contributed by atoms with Crippen LogP contribution in [0.3, 0.4) is 0 Å². The third-order valence-electron chi connectivity index (χ3n) is 7.81. The quantitative estimate of drug-likeness (QED) is 0.509. The number of rotatable bonds is 7. The average Bonchev–Trinajstić information content (AvgIpc) is 3.58. The summed E-state index contributed by atoms with van der Waals surface area (Å²) in [5.74, 6) is 0.765. The second-order valence-corrected chi connectivity index (χ2v) is 13.1. The van der Waals surface area contributed by atoms with Gasteiger partial charge in [0.05, 0.1) is 17.6 Å². The van der Waals surface area contributed by atoms with Crippen molar-refractivity contribution in [3.8, 4) is 0 Å². The molecule has 2 aliphatic heterocycles. The monoisotopic (exact) mass is 571 g/mol. The zero-order valence-corrected chi connectivity index (χ0v) is 24.2. The molecule has 5 rings (SSSR count). The molecule has 1 aromatic carbocycles. The summed E-state index contributed by atoms with van der Waals surface area (Å²) in [6, 6.07) is 5.07. The first-order valence-corrected chi connectivity index (χ1v) is 15.6. The minimum absolute atomic E-state index is 0.0215. The minimum atomic E-state index is -3.59. The van der Waals surface area contributed by atoms with Gasteiger partial charge < -0.3 is 19.9 Å². The molecule has 0 spiro atoms. The molecule has 0 bridgehead atoms. The predicted molar refractivity (Wildman–Crippen MR) is 153 cm³/mol. The molecule has 3 heterocycles. The average molecular weight is 572 g/mol. The Kier molecular flexibility index (Phi) is 7.87. The third-order valence-corrected chi connectivity index (χ3v) is 8.91. The van der Waals surface area contributed by atoms with Gasteiger partial charge in [0.1, 0.15) is 11.8 Å². The number of anilines is 5. The predicted octanol–water partition coefficient (Wildman–Crippen LogP) is 3.38. The molecule has 216 valence electrons. The Hall–Kier alpha value is -3.45. The number of nitrogens with zero attached hydrogens (tertiary/aromatic N) is 5. The fourth-order valence-corrected chi connectivity index (χ4v) is 6.28. The van der Waals surface area contributed by atoms with Gasteiger partial charge in [-0.25, -0.2) is 18.2 Å². The van der Waals surface area contributed by atoms with Gasteiger partial charge >= 0.3 is 6.09 Å². The van der Waals surface area contributed by atoms with Gasteiger partial charge in [-0.05, 0) is 51.3 Å². The molecule has 2 fully saturated rings. The van der Waals surface area contributed by atoms with E-state index in [1.165, 1.54) is 42.7 Å². The van der Waals surface area contributed by atoms with Crippen molar-refractivity contribution in [2.75, 3.05) is 53.4 Å². The molecule has 2 amide bonds. The van der Waals surface area contributed by atoms with Crippen molar-refractivity contribution in [1.82, 2.24) is 14.9 Å². The molecule has 1 aliphatic carbocycles. The van der Waals surface area contributed by atoms with Crippen molar-refractivity contribution in [3.63, 3.8) is 0 Å².